The Morgan fingerprint density at radius 2 is 1.69 bits per heavy atom. The maximum atomic E-state index is 10.4. The molecule has 2 N–H and O–H groups in total. The molecule has 0 saturated carbocycles. The monoisotopic (exact) mass is 456 g/mol. The van der Waals surface area contributed by atoms with Crippen LogP contribution in [0.5, 0.6) is 11.5 Å². The number of hydrogen-bond donors (Lipinski definition) is 1. The maximum absolute atomic E-state index is 10.4. The number of nitrogens with zero attached hydrogens (tertiary/aromatic N) is 1. The number of benzene rings is 2. The number of rotatable bonds is 8. The molecule has 1 fully saturated rings. The van der Waals surface area contributed by atoms with Gasteiger partial charge in [0, 0.05) is 17.1 Å². The van der Waals surface area contributed by atoms with Crippen LogP contribution >= 0.6 is 11.8 Å². The summed E-state index contributed by atoms with van der Waals surface area (Å²) in [4.78, 5) is 14.1. The Morgan fingerprint density at radius 3 is 2.38 bits per heavy atom. The molecule has 0 unspecified atom stereocenters. The zero-order chi connectivity index (χ0) is 23.0. The first kappa shape index (κ1) is 25.8. The minimum atomic E-state index is -0.238. The van der Waals surface area contributed by atoms with Crippen LogP contribution in [0.4, 0.5) is 0 Å². The number of carbonyl (C=O) groups excluding carboxylic acids is 1. The van der Waals surface area contributed by atoms with Crippen LogP contribution < -0.4 is 15.2 Å². The first-order valence-electron chi connectivity index (χ1n) is 11.3. The topological polar surface area (TPSA) is 64.8 Å². The van der Waals surface area contributed by atoms with Crippen molar-refractivity contribution in [1.82, 2.24) is 4.90 Å². The SMILES string of the molecule is C=C.NC(=O)CCSc1ccccc1.c1cc2c(cc1CCCN1CCCC1)OCCO2. The van der Waals surface area contributed by atoms with Crippen molar-refractivity contribution in [2.24, 2.45) is 5.73 Å². The summed E-state index contributed by atoms with van der Waals surface area (Å²) in [5.74, 6) is 2.34. The summed E-state index contributed by atoms with van der Waals surface area (Å²) in [6.07, 6.45) is 5.57. The first-order valence-corrected chi connectivity index (χ1v) is 12.3. The van der Waals surface area contributed by atoms with Gasteiger partial charge in [-0.3, -0.25) is 4.79 Å². The van der Waals surface area contributed by atoms with Gasteiger partial charge in [-0.15, -0.1) is 24.9 Å². The average molecular weight is 457 g/mol. The van der Waals surface area contributed by atoms with Gasteiger partial charge in [-0.2, -0.15) is 0 Å². The predicted molar refractivity (Wildman–Crippen MR) is 134 cm³/mol. The van der Waals surface area contributed by atoms with Crippen molar-refractivity contribution in [1.29, 1.82) is 0 Å². The van der Waals surface area contributed by atoms with Gasteiger partial charge in [0.15, 0.2) is 11.5 Å². The number of carbonyl (C=O) groups is 1. The fraction of sp³-hybridized carbons (Fsp3) is 0.423. The zero-order valence-corrected chi connectivity index (χ0v) is 19.8. The second kappa shape index (κ2) is 15.4. The Kier molecular flexibility index (Phi) is 12.4. The Morgan fingerprint density at radius 1 is 1.00 bits per heavy atom. The number of hydrogen-bond acceptors (Lipinski definition) is 5. The highest BCUT2D eigenvalue weighted by Gasteiger charge is 2.13. The van der Waals surface area contributed by atoms with Crippen molar-refractivity contribution in [2.75, 3.05) is 38.6 Å². The standard InChI is InChI=1S/C15H21NO2.C9H11NOS.C2H4/c1-2-8-16(7-1)9-3-4-13-5-6-14-15(12-13)18-11-10-17-14;10-9(11)6-7-12-8-4-2-1-3-5-8;1-2/h5-6,12H,1-4,7-11H2;1-5H,6-7H2,(H2,10,11);1-2H2. The molecule has 2 aliphatic heterocycles. The Labute approximate surface area is 197 Å². The van der Waals surface area contributed by atoms with Gasteiger partial charge in [0.1, 0.15) is 13.2 Å². The minimum absolute atomic E-state index is 0.238. The van der Waals surface area contributed by atoms with E-state index in [9.17, 15) is 4.79 Å². The Balaban J connectivity index is 0.000000227. The van der Waals surface area contributed by atoms with Gasteiger partial charge in [-0.05, 0) is 75.1 Å². The molecule has 1 saturated heterocycles. The molecule has 2 aromatic rings. The highest BCUT2D eigenvalue weighted by Crippen LogP contribution is 2.31. The average Bonchev–Trinajstić information content (AvgIpc) is 3.35. The molecule has 5 nitrogen and oxygen atoms in total. The molecule has 0 bridgehead atoms. The van der Waals surface area contributed by atoms with Gasteiger partial charge in [-0.25, -0.2) is 0 Å². The van der Waals surface area contributed by atoms with Gasteiger partial charge in [0.25, 0.3) is 0 Å². The summed E-state index contributed by atoms with van der Waals surface area (Å²) >= 11 is 1.65. The molecule has 2 aromatic carbocycles. The second-order valence-electron chi connectivity index (χ2n) is 7.51. The fourth-order valence-electron chi connectivity index (χ4n) is 3.54. The lowest BCUT2D eigenvalue weighted by atomic mass is 10.1. The van der Waals surface area contributed by atoms with E-state index in [1.807, 2.05) is 36.4 Å². The molecule has 4 rings (SSSR count). The third kappa shape index (κ3) is 9.79. The van der Waals surface area contributed by atoms with Gasteiger partial charge in [-0.1, -0.05) is 24.3 Å². The van der Waals surface area contributed by atoms with Crippen LogP contribution in [0.1, 0.15) is 31.2 Å². The van der Waals surface area contributed by atoms with Crippen LogP contribution in [0.15, 0.2) is 66.6 Å². The number of primary amides is 1. The molecule has 32 heavy (non-hydrogen) atoms. The largest absolute Gasteiger partial charge is 0.486 e. The molecule has 0 aliphatic carbocycles. The lowest BCUT2D eigenvalue weighted by molar-refractivity contribution is -0.117. The minimum Gasteiger partial charge on any atom is -0.486 e. The molecule has 0 radical (unpaired) electrons. The Hall–Kier alpha value is -2.44. The van der Waals surface area contributed by atoms with E-state index in [0.29, 0.717) is 19.6 Å². The van der Waals surface area contributed by atoms with Crippen LogP contribution in [-0.4, -0.2) is 49.4 Å². The highest BCUT2D eigenvalue weighted by molar-refractivity contribution is 7.99. The van der Waals surface area contributed by atoms with E-state index in [-0.39, 0.29) is 5.91 Å². The van der Waals surface area contributed by atoms with Crippen molar-refractivity contribution in [3.63, 3.8) is 0 Å². The zero-order valence-electron chi connectivity index (χ0n) is 19.0. The summed E-state index contributed by atoms with van der Waals surface area (Å²) in [7, 11) is 0. The summed E-state index contributed by atoms with van der Waals surface area (Å²) in [5, 5.41) is 0. The van der Waals surface area contributed by atoms with E-state index in [2.05, 4.69) is 30.2 Å². The number of nitrogens with two attached hydrogens (primary N) is 1. The van der Waals surface area contributed by atoms with Crippen LogP contribution in [0.25, 0.3) is 0 Å². The van der Waals surface area contributed by atoms with Crippen LogP contribution in [0.2, 0.25) is 0 Å². The van der Waals surface area contributed by atoms with Crippen molar-refractivity contribution in [2.45, 2.75) is 37.0 Å². The number of ether oxygens (including phenoxy) is 2. The molecule has 0 spiro atoms. The van der Waals surface area contributed by atoms with Gasteiger partial charge < -0.3 is 20.1 Å². The number of aryl methyl sites for hydroxylation is 1. The molecule has 6 heteroatoms. The van der Waals surface area contributed by atoms with E-state index >= 15 is 0 Å². The van der Waals surface area contributed by atoms with Gasteiger partial charge in [0.2, 0.25) is 5.91 Å². The lowest BCUT2D eigenvalue weighted by Crippen LogP contribution is -2.20. The van der Waals surface area contributed by atoms with E-state index in [1.54, 1.807) is 11.8 Å². The smallest absolute Gasteiger partial charge is 0.218 e. The fourth-order valence-corrected chi connectivity index (χ4v) is 4.43. The first-order chi connectivity index (χ1) is 15.7. The van der Waals surface area contributed by atoms with Gasteiger partial charge in [0.05, 0.1) is 0 Å². The van der Waals surface area contributed by atoms with Crippen LogP contribution in [0.3, 0.4) is 0 Å². The van der Waals surface area contributed by atoms with E-state index in [1.165, 1.54) is 49.4 Å². The summed E-state index contributed by atoms with van der Waals surface area (Å²) in [5.41, 5.74) is 6.36. The van der Waals surface area contributed by atoms with Gasteiger partial charge >= 0.3 is 0 Å². The molecule has 174 valence electrons. The summed E-state index contributed by atoms with van der Waals surface area (Å²) < 4.78 is 11.1. The normalized spacial score (nSPS) is 14.5. The van der Waals surface area contributed by atoms with E-state index in [0.717, 1.165) is 23.7 Å². The van der Waals surface area contributed by atoms with Crippen molar-refractivity contribution in [3.05, 3.63) is 67.3 Å². The van der Waals surface area contributed by atoms with Crippen LogP contribution in [0, 0.1) is 0 Å². The number of fused-ring (bicyclic) bond motifs is 1. The highest BCUT2D eigenvalue weighted by atomic mass is 32.2. The molecule has 2 aliphatic rings. The third-order valence-electron chi connectivity index (χ3n) is 5.11. The second-order valence-corrected chi connectivity index (χ2v) is 8.68. The van der Waals surface area contributed by atoms with Crippen LogP contribution in [-0.2, 0) is 11.2 Å². The van der Waals surface area contributed by atoms with Crippen molar-refractivity contribution >= 4 is 17.7 Å². The molecular formula is C26H36N2O3S. The summed E-state index contributed by atoms with van der Waals surface area (Å²) in [6.45, 7) is 11.2. The quantitative estimate of drug-likeness (QED) is 0.450. The van der Waals surface area contributed by atoms with E-state index < -0.39 is 0 Å². The summed E-state index contributed by atoms with van der Waals surface area (Å²) in [6, 6.07) is 16.3. The van der Waals surface area contributed by atoms with E-state index in [4.69, 9.17) is 15.2 Å². The third-order valence-corrected chi connectivity index (χ3v) is 6.12. The molecule has 1 amide bonds. The molecule has 2 heterocycles. The number of likely N-dealkylation sites (tertiary alicyclic amines) is 1. The molecule has 0 atom stereocenters. The van der Waals surface area contributed by atoms with Crippen molar-refractivity contribution in [3.8, 4) is 11.5 Å². The lowest BCUT2D eigenvalue weighted by Gasteiger charge is -2.19. The Bertz CT molecular complexity index is 795. The molecule has 0 aromatic heterocycles. The molecular weight excluding hydrogens is 420 g/mol. The number of amides is 1. The van der Waals surface area contributed by atoms with Crippen molar-refractivity contribution < 1.29 is 14.3 Å². The number of thioether (sulfide) groups is 1. The predicted octanol–water partition coefficient (Wildman–Crippen LogP) is 4.94. The maximum Gasteiger partial charge on any atom is 0.218 e.